The van der Waals surface area contributed by atoms with Gasteiger partial charge >= 0.3 is 41.2 Å². The molecule has 0 aliphatic rings. The standard InChI is InChI=1S/C10H6O4.Na.H/c11-9(12)7-5-6-3-1-2-4-8(6)14-10(7)13;;/h1-5H,(H,11,12);;. The SMILES string of the molecule is O=C(O)c1cc2ccccc2oc1=O.[NaH]. The van der Waals surface area contributed by atoms with Crippen molar-refractivity contribution in [2.45, 2.75) is 0 Å². The molecule has 72 valence electrons. The Balaban J connectivity index is 0.00000112. The van der Waals surface area contributed by atoms with Crippen LogP contribution in [-0.2, 0) is 0 Å². The summed E-state index contributed by atoms with van der Waals surface area (Å²) in [5.74, 6) is -1.27. The van der Waals surface area contributed by atoms with Gasteiger partial charge in [0.2, 0.25) is 0 Å². The van der Waals surface area contributed by atoms with Crippen LogP contribution in [0, 0.1) is 0 Å². The zero-order valence-corrected chi connectivity index (χ0v) is 7.06. The Hall–Kier alpha value is -1.10. The van der Waals surface area contributed by atoms with Gasteiger partial charge in [0, 0.05) is 5.39 Å². The number of carboxylic acids is 1. The molecular weight excluding hydrogens is 207 g/mol. The number of hydrogen-bond donors (Lipinski definition) is 1. The fourth-order valence-electron chi connectivity index (χ4n) is 1.21. The van der Waals surface area contributed by atoms with Crippen molar-refractivity contribution in [1.82, 2.24) is 0 Å². The summed E-state index contributed by atoms with van der Waals surface area (Å²) in [6.07, 6.45) is 0. The molecule has 0 radical (unpaired) electrons. The summed E-state index contributed by atoms with van der Waals surface area (Å²) in [6, 6.07) is 8.07. The summed E-state index contributed by atoms with van der Waals surface area (Å²) in [7, 11) is 0. The molecule has 0 amide bonds. The topological polar surface area (TPSA) is 67.5 Å². The Morgan fingerprint density at radius 1 is 1.27 bits per heavy atom. The first-order valence-corrected chi connectivity index (χ1v) is 3.94. The van der Waals surface area contributed by atoms with Crippen LogP contribution >= 0.6 is 0 Å². The first kappa shape index (κ1) is 12.0. The van der Waals surface area contributed by atoms with E-state index in [4.69, 9.17) is 9.52 Å². The van der Waals surface area contributed by atoms with Gasteiger partial charge in [-0.3, -0.25) is 0 Å². The Kier molecular flexibility index (Phi) is 3.68. The molecule has 0 spiro atoms. The van der Waals surface area contributed by atoms with Gasteiger partial charge in [-0.25, -0.2) is 9.59 Å². The first-order chi connectivity index (χ1) is 6.68. The number of para-hydroxylation sites is 1. The number of fused-ring (bicyclic) bond motifs is 1. The molecule has 0 aliphatic carbocycles. The molecule has 2 rings (SSSR count). The quantitative estimate of drug-likeness (QED) is 0.564. The molecule has 5 heteroatoms. The number of rotatable bonds is 1. The van der Waals surface area contributed by atoms with Gasteiger partial charge < -0.3 is 9.52 Å². The van der Waals surface area contributed by atoms with E-state index in [9.17, 15) is 9.59 Å². The van der Waals surface area contributed by atoms with Crippen LogP contribution in [0.2, 0.25) is 0 Å². The van der Waals surface area contributed by atoms with Crippen LogP contribution in [0.4, 0.5) is 0 Å². The van der Waals surface area contributed by atoms with E-state index >= 15 is 0 Å². The van der Waals surface area contributed by atoms with Gasteiger partial charge in [0.25, 0.3) is 0 Å². The average Bonchev–Trinajstić information content (AvgIpc) is 2.16. The van der Waals surface area contributed by atoms with Crippen molar-refractivity contribution in [2.24, 2.45) is 0 Å². The monoisotopic (exact) mass is 214 g/mol. The summed E-state index contributed by atoms with van der Waals surface area (Å²) in [5.41, 5.74) is -0.776. The molecule has 4 nitrogen and oxygen atoms in total. The predicted molar refractivity (Wildman–Crippen MR) is 56.6 cm³/mol. The van der Waals surface area contributed by atoms with E-state index in [-0.39, 0.29) is 35.1 Å². The molecule has 0 atom stereocenters. The summed E-state index contributed by atoms with van der Waals surface area (Å²) < 4.78 is 4.82. The van der Waals surface area contributed by atoms with Gasteiger partial charge in [0.1, 0.15) is 11.1 Å². The van der Waals surface area contributed by atoms with Crippen molar-refractivity contribution in [2.75, 3.05) is 0 Å². The number of carbonyl (C=O) groups is 1. The number of aromatic carboxylic acids is 1. The van der Waals surface area contributed by atoms with Crippen molar-refractivity contribution >= 4 is 46.5 Å². The van der Waals surface area contributed by atoms with E-state index in [1.54, 1.807) is 24.3 Å². The number of carboxylic acid groups (broad SMARTS) is 1. The Morgan fingerprint density at radius 2 is 1.93 bits per heavy atom. The van der Waals surface area contributed by atoms with Crippen molar-refractivity contribution in [3.05, 3.63) is 46.3 Å². The van der Waals surface area contributed by atoms with Crippen LogP contribution < -0.4 is 5.63 Å². The van der Waals surface area contributed by atoms with E-state index in [2.05, 4.69) is 0 Å². The van der Waals surface area contributed by atoms with Gasteiger partial charge in [-0.1, -0.05) is 18.2 Å². The third-order valence-corrected chi connectivity index (χ3v) is 1.87. The molecule has 2 aromatic rings. The average molecular weight is 214 g/mol. The molecule has 1 N–H and O–H groups in total. The molecule has 0 fully saturated rings. The van der Waals surface area contributed by atoms with Crippen molar-refractivity contribution in [1.29, 1.82) is 0 Å². The maximum atomic E-state index is 11.1. The second-order valence-corrected chi connectivity index (χ2v) is 2.79. The van der Waals surface area contributed by atoms with Gasteiger partial charge in [0.05, 0.1) is 0 Å². The third kappa shape index (κ3) is 2.28. The summed E-state index contributed by atoms with van der Waals surface area (Å²) in [5, 5.41) is 9.27. The van der Waals surface area contributed by atoms with Crippen molar-refractivity contribution < 1.29 is 14.3 Å². The van der Waals surface area contributed by atoms with Crippen LogP contribution in [0.5, 0.6) is 0 Å². The predicted octanol–water partition coefficient (Wildman–Crippen LogP) is 0.843. The Labute approximate surface area is 107 Å². The Morgan fingerprint density at radius 3 is 2.60 bits per heavy atom. The van der Waals surface area contributed by atoms with Gasteiger partial charge in [-0.05, 0) is 12.1 Å². The summed E-state index contributed by atoms with van der Waals surface area (Å²) in [6.45, 7) is 0. The Bertz CT molecular complexity index is 559. The molecule has 1 aromatic carbocycles. The molecule has 1 heterocycles. The third-order valence-electron chi connectivity index (χ3n) is 1.87. The minimum absolute atomic E-state index is 0. The van der Waals surface area contributed by atoms with Gasteiger partial charge in [-0.2, -0.15) is 0 Å². The summed E-state index contributed by atoms with van der Waals surface area (Å²) >= 11 is 0. The van der Waals surface area contributed by atoms with Crippen LogP contribution in [0.25, 0.3) is 11.0 Å². The molecule has 0 saturated carbocycles. The van der Waals surface area contributed by atoms with E-state index in [0.29, 0.717) is 11.0 Å². The van der Waals surface area contributed by atoms with E-state index in [0.717, 1.165) is 0 Å². The molecule has 0 saturated heterocycles. The second kappa shape index (κ2) is 4.61. The number of hydrogen-bond acceptors (Lipinski definition) is 3. The van der Waals surface area contributed by atoms with Gasteiger partial charge in [0.15, 0.2) is 0 Å². The van der Waals surface area contributed by atoms with E-state index in [1.807, 2.05) is 0 Å². The molecule has 0 aliphatic heterocycles. The van der Waals surface area contributed by atoms with Crippen LogP contribution in [0.15, 0.2) is 39.5 Å². The molecule has 0 unspecified atom stereocenters. The van der Waals surface area contributed by atoms with Crippen LogP contribution in [0.3, 0.4) is 0 Å². The minimum atomic E-state index is -1.27. The summed E-state index contributed by atoms with van der Waals surface area (Å²) in [4.78, 5) is 21.7. The fraction of sp³-hybridized carbons (Fsp3) is 0. The second-order valence-electron chi connectivity index (χ2n) is 2.79. The van der Waals surface area contributed by atoms with E-state index < -0.39 is 11.6 Å². The van der Waals surface area contributed by atoms with Crippen molar-refractivity contribution in [3.8, 4) is 0 Å². The van der Waals surface area contributed by atoms with E-state index in [1.165, 1.54) is 6.07 Å². The number of benzene rings is 1. The molecule has 15 heavy (non-hydrogen) atoms. The first-order valence-electron chi connectivity index (χ1n) is 3.94. The van der Waals surface area contributed by atoms with Gasteiger partial charge in [-0.15, -0.1) is 0 Å². The maximum absolute atomic E-state index is 11.1. The normalized spacial score (nSPS) is 9.60. The van der Waals surface area contributed by atoms with Crippen LogP contribution in [-0.4, -0.2) is 40.6 Å². The zero-order chi connectivity index (χ0) is 10.1. The fourth-order valence-corrected chi connectivity index (χ4v) is 1.21. The zero-order valence-electron chi connectivity index (χ0n) is 7.06. The molecule has 0 bridgehead atoms. The van der Waals surface area contributed by atoms with Crippen molar-refractivity contribution in [3.63, 3.8) is 0 Å². The van der Waals surface area contributed by atoms with Crippen LogP contribution in [0.1, 0.15) is 10.4 Å². The molecular formula is C10H7NaO4. The molecule has 1 aromatic heterocycles.